The molecule has 0 saturated carbocycles. The van der Waals surface area contributed by atoms with Gasteiger partial charge in [-0.25, -0.2) is 0 Å². The van der Waals surface area contributed by atoms with Crippen molar-refractivity contribution >= 4 is 34.5 Å². The smallest absolute Gasteiger partial charge is 0.258 e. The zero-order valence-electron chi connectivity index (χ0n) is 18.6. The first-order chi connectivity index (χ1) is 15.5. The Labute approximate surface area is 199 Å². The van der Waals surface area contributed by atoms with E-state index >= 15 is 0 Å². The topological polar surface area (TPSA) is 54.2 Å². The molecule has 1 aliphatic heterocycles. The van der Waals surface area contributed by atoms with Crippen molar-refractivity contribution in [1.29, 1.82) is 0 Å². The standard InChI is InChI=1S/C25H27ClN4OS/c1-4-5-6-15-30-17(3)21(22(27-25(30)32)18-9-7-16(2)8-10-18)24-28-23(29-31-24)19-11-13-20(26)14-12-19/h7-14,22H,4-6,15H2,1-3H3,(H,27,32). The third-order valence-corrected chi connectivity index (χ3v) is 6.34. The number of benzene rings is 2. The van der Waals surface area contributed by atoms with Crippen LogP contribution in [0.1, 0.15) is 56.2 Å². The molecule has 32 heavy (non-hydrogen) atoms. The van der Waals surface area contributed by atoms with Crippen LogP contribution in [-0.2, 0) is 0 Å². The second-order valence-electron chi connectivity index (χ2n) is 8.08. The Hall–Kier alpha value is -2.70. The van der Waals surface area contributed by atoms with E-state index in [9.17, 15) is 0 Å². The molecular weight excluding hydrogens is 440 g/mol. The number of aromatic nitrogens is 2. The first-order valence-corrected chi connectivity index (χ1v) is 11.7. The zero-order valence-corrected chi connectivity index (χ0v) is 20.1. The van der Waals surface area contributed by atoms with Crippen LogP contribution >= 0.6 is 23.8 Å². The summed E-state index contributed by atoms with van der Waals surface area (Å²) in [5.41, 5.74) is 5.16. The highest BCUT2D eigenvalue weighted by Gasteiger charge is 2.33. The van der Waals surface area contributed by atoms with E-state index in [4.69, 9.17) is 33.3 Å². The maximum atomic E-state index is 6.03. The minimum Gasteiger partial charge on any atom is -0.351 e. The number of halogens is 1. The van der Waals surface area contributed by atoms with E-state index in [2.05, 4.69) is 60.4 Å². The van der Waals surface area contributed by atoms with Crippen LogP contribution in [0.25, 0.3) is 17.0 Å². The molecule has 3 aromatic rings. The van der Waals surface area contributed by atoms with Crippen LogP contribution in [0.4, 0.5) is 0 Å². The largest absolute Gasteiger partial charge is 0.351 e. The molecule has 0 spiro atoms. The average molecular weight is 467 g/mol. The predicted molar refractivity (Wildman–Crippen MR) is 133 cm³/mol. The van der Waals surface area contributed by atoms with Crippen molar-refractivity contribution < 1.29 is 4.52 Å². The van der Waals surface area contributed by atoms with Crippen LogP contribution in [0.5, 0.6) is 0 Å². The molecule has 1 unspecified atom stereocenters. The normalized spacial score (nSPS) is 16.4. The van der Waals surface area contributed by atoms with Gasteiger partial charge in [0.05, 0.1) is 11.6 Å². The number of hydrogen-bond acceptors (Lipinski definition) is 4. The van der Waals surface area contributed by atoms with Gasteiger partial charge in [0.15, 0.2) is 5.11 Å². The number of allylic oxidation sites excluding steroid dienone is 1. The molecule has 5 nitrogen and oxygen atoms in total. The Bertz CT molecular complexity index is 1120. The van der Waals surface area contributed by atoms with Gasteiger partial charge in [0.25, 0.3) is 5.89 Å². The van der Waals surface area contributed by atoms with E-state index < -0.39 is 0 Å². The minimum atomic E-state index is -0.163. The van der Waals surface area contributed by atoms with Gasteiger partial charge in [-0.3, -0.25) is 0 Å². The summed E-state index contributed by atoms with van der Waals surface area (Å²) in [5.74, 6) is 1.03. The molecule has 7 heteroatoms. The van der Waals surface area contributed by atoms with E-state index in [-0.39, 0.29) is 6.04 Å². The molecule has 0 fully saturated rings. The fourth-order valence-corrected chi connectivity index (χ4v) is 4.38. The number of nitrogens with zero attached hydrogens (tertiary/aromatic N) is 3. The molecule has 1 aliphatic rings. The van der Waals surface area contributed by atoms with Crippen LogP contribution in [0.15, 0.2) is 58.8 Å². The van der Waals surface area contributed by atoms with Gasteiger partial charge in [0, 0.05) is 22.8 Å². The highest BCUT2D eigenvalue weighted by molar-refractivity contribution is 7.80. The molecule has 2 heterocycles. The SMILES string of the molecule is CCCCCN1C(=S)NC(c2ccc(C)cc2)C(c2nc(-c3ccc(Cl)cc3)no2)=C1C. The Morgan fingerprint density at radius 2 is 1.78 bits per heavy atom. The molecule has 1 atom stereocenters. The van der Waals surface area contributed by atoms with Crippen LogP contribution in [0.2, 0.25) is 5.02 Å². The minimum absolute atomic E-state index is 0.163. The van der Waals surface area contributed by atoms with E-state index in [1.54, 1.807) is 0 Å². The summed E-state index contributed by atoms with van der Waals surface area (Å²) >= 11 is 11.8. The van der Waals surface area contributed by atoms with Crippen molar-refractivity contribution in [1.82, 2.24) is 20.4 Å². The Morgan fingerprint density at radius 3 is 2.47 bits per heavy atom. The van der Waals surface area contributed by atoms with Crippen molar-refractivity contribution in [3.63, 3.8) is 0 Å². The Morgan fingerprint density at radius 1 is 1.06 bits per heavy atom. The van der Waals surface area contributed by atoms with Gasteiger partial charge >= 0.3 is 0 Å². The predicted octanol–water partition coefficient (Wildman–Crippen LogP) is 6.55. The molecule has 2 aromatic carbocycles. The summed E-state index contributed by atoms with van der Waals surface area (Å²) < 4.78 is 5.78. The Kier molecular flexibility index (Phi) is 6.92. The summed E-state index contributed by atoms with van der Waals surface area (Å²) in [7, 11) is 0. The molecule has 0 radical (unpaired) electrons. The van der Waals surface area contributed by atoms with Gasteiger partial charge in [-0.2, -0.15) is 4.98 Å². The summed E-state index contributed by atoms with van der Waals surface area (Å²) in [5, 5.41) is 9.16. The van der Waals surface area contributed by atoms with Crippen LogP contribution in [0.3, 0.4) is 0 Å². The molecule has 0 bridgehead atoms. The molecule has 0 amide bonds. The number of nitrogens with one attached hydrogen (secondary N) is 1. The van der Waals surface area contributed by atoms with Gasteiger partial charge in [0.1, 0.15) is 0 Å². The lowest BCUT2D eigenvalue weighted by Gasteiger charge is -2.37. The van der Waals surface area contributed by atoms with Crippen molar-refractivity contribution in [2.45, 2.75) is 46.1 Å². The van der Waals surface area contributed by atoms with E-state index in [0.29, 0.717) is 16.7 Å². The molecule has 0 saturated heterocycles. The number of rotatable bonds is 7. The maximum Gasteiger partial charge on any atom is 0.258 e. The Balaban J connectivity index is 1.76. The third kappa shape index (κ3) is 4.71. The molecule has 0 aliphatic carbocycles. The third-order valence-electron chi connectivity index (χ3n) is 5.75. The lowest BCUT2D eigenvalue weighted by atomic mass is 9.94. The number of aryl methyl sites for hydroxylation is 1. The highest BCUT2D eigenvalue weighted by atomic mass is 35.5. The average Bonchev–Trinajstić information content (AvgIpc) is 3.26. The van der Waals surface area contributed by atoms with Crippen LogP contribution in [-0.4, -0.2) is 26.7 Å². The van der Waals surface area contributed by atoms with Gasteiger partial charge in [-0.15, -0.1) is 0 Å². The van der Waals surface area contributed by atoms with Gasteiger partial charge in [-0.05, 0) is 62.3 Å². The lowest BCUT2D eigenvalue weighted by Crippen LogP contribution is -2.46. The number of unbranched alkanes of at least 4 members (excludes halogenated alkanes) is 2. The summed E-state index contributed by atoms with van der Waals surface area (Å²) in [4.78, 5) is 6.89. The summed E-state index contributed by atoms with van der Waals surface area (Å²) in [6, 6.07) is 15.7. The van der Waals surface area contributed by atoms with Gasteiger partial charge in [-0.1, -0.05) is 66.4 Å². The van der Waals surface area contributed by atoms with Crippen molar-refractivity contribution in [3.8, 4) is 11.4 Å². The maximum absolute atomic E-state index is 6.03. The van der Waals surface area contributed by atoms with E-state index in [0.717, 1.165) is 53.3 Å². The van der Waals surface area contributed by atoms with Crippen molar-refractivity contribution in [3.05, 3.63) is 76.3 Å². The van der Waals surface area contributed by atoms with Gasteiger partial charge < -0.3 is 14.7 Å². The van der Waals surface area contributed by atoms with Crippen molar-refractivity contribution in [2.24, 2.45) is 0 Å². The zero-order chi connectivity index (χ0) is 22.7. The fourth-order valence-electron chi connectivity index (χ4n) is 3.91. The number of hydrogen-bond donors (Lipinski definition) is 1. The highest BCUT2D eigenvalue weighted by Crippen LogP contribution is 2.37. The summed E-state index contributed by atoms with van der Waals surface area (Å²) in [6.07, 6.45) is 3.38. The lowest BCUT2D eigenvalue weighted by molar-refractivity contribution is 0.395. The molecule has 4 rings (SSSR count). The van der Waals surface area contributed by atoms with Crippen molar-refractivity contribution in [2.75, 3.05) is 6.54 Å². The fraction of sp³-hybridized carbons (Fsp3) is 0.320. The molecule has 1 N–H and O–H groups in total. The molecule has 1 aromatic heterocycles. The van der Waals surface area contributed by atoms with Crippen LogP contribution < -0.4 is 5.32 Å². The summed E-state index contributed by atoms with van der Waals surface area (Å²) in [6.45, 7) is 7.22. The first kappa shape index (κ1) is 22.5. The van der Waals surface area contributed by atoms with E-state index in [1.807, 2.05) is 24.3 Å². The molecular formula is C25H27ClN4OS. The quantitative estimate of drug-likeness (QED) is 0.314. The van der Waals surface area contributed by atoms with Gasteiger partial charge in [0.2, 0.25) is 5.82 Å². The number of thiocarbonyl (C=S) groups is 1. The second-order valence-corrected chi connectivity index (χ2v) is 8.90. The van der Waals surface area contributed by atoms with Crippen LogP contribution in [0, 0.1) is 6.92 Å². The second kappa shape index (κ2) is 9.84. The first-order valence-electron chi connectivity index (χ1n) is 10.9. The van der Waals surface area contributed by atoms with E-state index in [1.165, 1.54) is 5.56 Å². The molecule has 166 valence electrons. The monoisotopic (exact) mass is 466 g/mol.